The molecule has 0 bridgehead atoms. The van der Waals surface area contributed by atoms with Crippen LogP contribution in [0, 0.1) is 0 Å². The van der Waals surface area contributed by atoms with Gasteiger partial charge >= 0.3 is 0 Å². The second-order valence-electron chi connectivity index (χ2n) is 4.70. The molecule has 2 aromatic heterocycles. The van der Waals surface area contributed by atoms with Crippen molar-refractivity contribution >= 4 is 38.9 Å². The summed E-state index contributed by atoms with van der Waals surface area (Å²) < 4.78 is 8.64. The van der Waals surface area contributed by atoms with Crippen molar-refractivity contribution in [1.82, 2.24) is 9.55 Å². The average Bonchev–Trinajstić information content (AvgIpc) is 3.20. The van der Waals surface area contributed by atoms with Gasteiger partial charge in [-0.05, 0) is 40.2 Å². The molecule has 3 rings (SSSR count). The summed E-state index contributed by atoms with van der Waals surface area (Å²) in [4.78, 5) is 16.9. The lowest BCUT2D eigenvalue weighted by molar-refractivity contribution is 0.103. The van der Waals surface area contributed by atoms with E-state index < -0.39 is 0 Å². The molecule has 5 nitrogen and oxygen atoms in total. The van der Waals surface area contributed by atoms with Gasteiger partial charge in [0.15, 0.2) is 0 Å². The molecule has 3 aromatic rings. The number of halogens is 1. The maximum Gasteiger partial charge on any atom is 0.265 e. The van der Waals surface area contributed by atoms with E-state index in [9.17, 15) is 4.79 Å². The second-order valence-corrected chi connectivity index (χ2v) is 7.17. The van der Waals surface area contributed by atoms with Crippen LogP contribution in [0.15, 0.2) is 58.9 Å². The molecule has 0 aliphatic carbocycles. The molecule has 0 saturated carbocycles. The van der Waals surface area contributed by atoms with E-state index in [-0.39, 0.29) is 5.91 Å². The van der Waals surface area contributed by atoms with Crippen molar-refractivity contribution in [3.63, 3.8) is 0 Å². The van der Waals surface area contributed by atoms with Crippen LogP contribution in [0.2, 0.25) is 0 Å². The highest BCUT2D eigenvalue weighted by Crippen LogP contribution is 2.27. The van der Waals surface area contributed by atoms with E-state index in [1.807, 2.05) is 41.1 Å². The summed E-state index contributed by atoms with van der Waals surface area (Å²) in [5, 5.41) is 2.89. The number of benzene rings is 1. The zero-order chi connectivity index (χ0) is 16.1. The van der Waals surface area contributed by atoms with E-state index in [1.54, 1.807) is 18.6 Å². The van der Waals surface area contributed by atoms with Gasteiger partial charge in [-0.1, -0.05) is 12.1 Å². The van der Waals surface area contributed by atoms with Gasteiger partial charge < -0.3 is 14.6 Å². The SMILES string of the molecule is O=C(Nc1ccccc1OCCn1ccnc1)c1ccc(Br)s1. The molecule has 0 fully saturated rings. The molecule has 0 radical (unpaired) electrons. The summed E-state index contributed by atoms with van der Waals surface area (Å²) in [5.74, 6) is 0.503. The van der Waals surface area contributed by atoms with Gasteiger partial charge in [0.2, 0.25) is 0 Å². The number of carbonyl (C=O) groups is 1. The molecule has 7 heteroatoms. The topological polar surface area (TPSA) is 56.1 Å². The Hall–Kier alpha value is -2.12. The highest BCUT2D eigenvalue weighted by atomic mass is 79.9. The van der Waals surface area contributed by atoms with Crippen LogP contribution in [0.5, 0.6) is 5.75 Å². The molecule has 1 amide bonds. The molecule has 0 unspecified atom stereocenters. The molecule has 118 valence electrons. The summed E-state index contributed by atoms with van der Waals surface area (Å²) >= 11 is 4.75. The van der Waals surface area contributed by atoms with Gasteiger partial charge in [0.25, 0.3) is 5.91 Å². The summed E-state index contributed by atoms with van der Waals surface area (Å²) in [6.07, 6.45) is 5.35. The summed E-state index contributed by atoms with van der Waals surface area (Å²) in [7, 11) is 0. The number of para-hydroxylation sites is 2. The van der Waals surface area contributed by atoms with Crippen LogP contribution in [0.4, 0.5) is 5.69 Å². The summed E-state index contributed by atoms with van der Waals surface area (Å²) in [5.41, 5.74) is 0.660. The van der Waals surface area contributed by atoms with E-state index in [2.05, 4.69) is 26.2 Å². The third-order valence-electron chi connectivity index (χ3n) is 3.10. The highest BCUT2D eigenvalue weighted by Gasteiger charge is 2.11. The number of rotatable bonds is 6. The number of nitrogens with zero attached hydrogens (tertiary/aromatic N) is 2. The number of imidazole rings is 1. The smallest absolute Gasteiger partial charge is 0.265 e. The van der Waals surface area contributed by atoms with Crippen molar-refractivity contribution in [2.75, 3.05) is 11.9 Å². The zero-order valence-electron chi connectivity index (χ0n) is 12.1. The lowest BCUT2D eigenvalue weighted by Gasteiger charge is -2.12. The van der Waals surface area contributed by atoms with Gasteiger partial charge in [0, 0.05) is 12.4 Å². The van der Waals surface area contributed by atoms with Gasteiger partial charge in [-0.3, -0.25) is 4.79 Å². The average molecular weight is 392 g/mol. The molecule has 0 aliphatic heterocycles. The van der Waals surface area contributed by atoms with Crippen LogP contribution in [-0.4, -0.2) is 22.1 Å². The number of hydrogen-bond donors (Lipinski definition) is 1. The molecule has 0 atom stereocenters. The Kier molecular flexibility index (Phi) is 5.09. The lowest BCUT2D eigenvalue weighted by Crippen LogP contribution is -2.12. The first-order valence-electron chi connectivity index (χ1n) is 6.96. The van der Waals surface area contributed by atoms with Crippen molar-refractivity contribution in [2.24, 2.45) is 0 Å². The van der Waals surface area contributed by atoms with Gasteiger partial charge in [-0.15, -0.1) is 11.3 Å². The fourth-order valence-electron chi connectivity index (χ4n) is 2.00. The summed E-state index contributed by atoms with van der Waals surface area (Å²) in [6, 6.07) is 11.0. The Labute approximate surface area is 146 Å². The fraction of sp³-hybridized carbons (Fsp3) is 0.125. The first-order chi connectivity index (χ1) is 11.2. The van der Waals surface area contributed by atoms with Crippen molar-refractivity contribution in [3.8, 4) is 5.75 Å². The van der Waals surface area contributed by atoms with E-state index in [0.717, 1.165) is 3.79 Å². The van der Waals surface area contributed by atoms with E-state index in [1.165, 1.54) is 11.3 Å². The Morgan fingerprint density at radius 2 is 2.17 bits per heavy atom. The minimum absolute atomic E-state index is 0.147. The van der Waals surface area contributed by atoms with Gasteiger partial charge in [-0.25, -0.2) is 4.98 Å². The first-order valence-corrected chi connectivity index (χ1v) is 8.57. The van der Waals surface area contributed by atoms with E-state index in [4.69, 9.17) is 4.74 Å². The van der Waals surface area contributed by atoms with Crippen LogP contribution in [0.1, 0.15) is 9.67 Å². The van der Waals surface area contributed by atoms with Crippen LogP contribution in [0.25, 0.3) is 0 Å². The molecule has 23 heavy (non-hydrogen) atoms. The monoisotopic (exact) mass is 391 g/mol. The molecular weight excluding hydrogens is 378 g/mol. The Bertz CT molecular complexity index is 786. The van der Waals surface area contributed by atoms with E-state index >= 15 is 0 Å². The van der Waals surface area contributed by atoms with Crippen LogP contribution < -0.4 is 10.1 Å². The number of nitrogens with one attached hydrogen (secondary N) is 1. The number of aromatic nitrogens is 2. The molecule has 0 spiro atoms. The quantitative estimate of drug-likeness (QED) is 0.689. The second kappa shape index (κ2) is 7.43. The normalized spacial score (nSPS) is 10.5. The van der Waals surface area contributed by atoms with Crippen LogP contribution >= 0.6 is 27.3 Å². The van der Waals surface area contributed by atoms with Crippen molar-refractivity contribution in [2.45, 2.75) is 6.54 Å². The molecular formula is C16H14BrN3O2S. The van der Waals surface area contributed by atoms with Crippen molar-refractivity contribution < 1.29 is 9.53 Å². The number of thiophene rings is 1. The third-order valence-corrected chi connectivity index (χ3v) is 4.72. The number of carbonyl (C=O) groups excluding carboxylic acids is 1. The largest absolute Gasteiger partial charge is 0.490 e. The van der Waals surface area contributed by atoms with Crippen LogP contribution in [-0.2, 0) is 6.54 Å². The number of anilines is 1. The lowest BCUT2D eigenvalue weighted by atomic mass is 10.3. The molecule has 0 saturated heterocycles. The standard InChI is InChI=1S/C16H14BrN3O2S/c17-15-6-5-14(23-15)16(21)19-12-3-1-2-4-13(12)22-10-9-20-8-7-18-11-20/h1-8,11H,9-10H2,(H,19,21). The molecule has 2 heterocycles. The minimum Gasteiger partial charge on any atom is -0.490 e. The summed E-state index contributed by atoms with van der Waals surface area (Å²) in [6.45, 7) is 1.19. The first kappa shape index (κ1) is 15.8. The third kappa shape index (κ3) is 4.20. The molecule has 0 aliphatic rings. The Balaban J connectivity index is 1.64. The maximum atomic E-state index is 12.3. The van der Waals surface area contributed by atoms with Gasteiger partial charge in [-0.2, -0.15) is 0 Å². The number of amides is 1. The molecule has 1 N–H and O–H groups in total. The van der Waals surface area contributed by atoms with Crippen molar-refractivity contribution in [3.05, 3.63) is 63.8 Å². The molecule has 1 aromatic carbocycles. The number of hydrogen-bond acceptors (Lipinski definition) is 4. The highest BCUT2D eigenvalue weighted by molar-refractivity contribution is 9.11. The van der Waals surface area contributed by atoms with Crippen molar-refractivity contribution in [1.29, 1.82) is 0 Å². The Morgan fingerprint density at radius 1 is 1.30 bits per heavy atom. The zero-order valence-corrected chi connectivity index (χ0v) is 14.5. The fourth-order valence-corrected chi connectivity index (χ4v) is 3.28. The van der Waals surface area contributed by atoms with Gasteiger partial charge in [0.1, 0.15) is 12.4 Å². The van der Waals surface area contributed by atoms with Crippen LogP contribution in [0.3, 0.4) is 0 Å². The predicted octanol–water partition coefficient (Wildman–Crippen LogP) is 4.04. The number of ether oxygens (including phenoxy) is 1. The Morgan fingerprint density at radius 3 is 2.91 bits per heavy atom. The predicted molar refractivity (Wildman–Crippen MR) is 94.1 cm³/mol. The van der Waals surface area contributed by atoms with E-state index in [0.29, 0.717) is 29.5 Å². The minimum atomic E-state index is -0.147. The maximum absolute atomic E-state index is 12.3. The van der Waals surface area contributed by atoms with Gasteiger partial charge in [0.05, 0.1) is 27.2 Å².